The van der Waals surface area contributed by atoms with Crippen molar-refractivity contribution in [3.8, 4) is 0 Å². The van der Waals surface area contributed by atoms with Crippen molar-refractivity contribution >= 4 is 5.97 Å². The molecule has 0 radical (unpaired) electrons. The molecule has 0 saturated carbocycles. The summed E-state index contributed by atoms with van der Waals surface area (Å²) in [4.78, 5) is 15.3. The van der Waals surface area contributed by atoms with Gasteiger partial charge < -0.3 is 15.0 Å². The lowest BCUT2D eigenvalue weighted by Crippen LogP contribution is -2.21. The van der Waals surface area contributed by atoms with E-state index in [-0.39, 0.29) is 12.0 Å². The Morgan fingerprint density at radius 3 is 3.07 bits per heavy atom. The van der Waals surface area contributed by atoms with Crippen LogP contribution in [-0.2, 0) is 16.1 Å². The minimum Gasteiger partial charge on any atom is -0.464 e. The monoisotopic (exact) mass is 197 g/mol. The van der Waals surface area contributed by atoms with Gasteiger partial charge in [-0.2, -0.15) is 0 Å². The van der Waals surface area contributed by atoms with Crippen molar-refractivity contribution in [1.82, 2.24) is 9.55 Å². The van der Waals surface area contributed by atoms with Gasteiger partial charge in [-0.15, -0.1) is 0 Å². The van der Waals surface area contributed by atoms with Crippen LogP contribution in [-0.4, -0.2) is 22.1 Å². The molecule has 14 heavy (non-hydrogen) atoms. The highest BCUT2D eigenvalue weighted by molar-refractivity contribution is 5.73. The number of nitrogens with two attached hydrogens (primary N) is 1. The predicted molar refractivity (Wildman–Crippen MR) is 51.5 cm³/mol. The molecular weight excluding hydrogens is 182 g/mol. The van der Waals surface area contributed by atoms with Crippen LogP contribution in [0.15, 0.2) is 12.5 Å². The first-order valence-corrected chi connectivity index (χ1v) is 4.58. The summed E-state index contributed by atoms with van der Waals surface area (Å²) in [6.45, 7) is 4.29. The highest BCUT2D eigenvalue weighted by atomic mass is 16.5. The van der Waals surface area contributed by atoms with Crippen LogP contribution in [0.3, 0.4) is 0 Å². The van der Waals surface area contributed by atoms with E-state index in [4.69, 9.17) is 10.5 Å². The minimum absolute atomic E-state index is 0.264. The van der Waals surface area contributed by atoms with E-state index in [0.29, 0.717) is 13.2 Å². The summed E-state index contributed by atoms with van der Waals surface area (Å²) >= 11 is 0. The van der Waals surface area contributed by atoms with E-state index in [9.17, 15) is 4.79 Å². The molecule has 2 N–H and O–H groups in total. The summed E-state index contributed by atoms with van der Waals surface area (Å²) in [5.74, 6) is -0.264. The summed E-state index contributed by atoms with van der Waals surface area (Å²) in [5, 5.41) is 0. The van der Waals surface area contributed by atoms with Gasteiger partial charge in [0.1, 0.15) is 6.04 Å². The molecule has 1 unspecified atom stereocenters. The number of esters is 1. The highest BCUT2D eigenvalue weighted by Gasteiger charge is 2.17. The fourth-order valence-corrected chi connectivity index (χ4v) is 1.22. The van der Waals surface area contributed by atoms with E-state index < -0.39 is 0 Å². The molecule has 0 fully saturated rings. The molecule has 0 amide bonds. The molecule has 1 heterocycles. The molecule has 0 aliphatic heterocycles. The van der Waals surface area contributed by atoms with Gasteiger partial charge in [0.15, 0.2) is 0 Å². The molecule has 1 aromatic rings. The van der Waals surface area contributed by atoms with E-state index in [1.807, 2.05) is 0 Å². The standard InChI is InChI=1S/C9H15N3O2/c1-3-14-9(13)7(2)12-6-11-5-8(12)4-10/h5-7H,3-4,10H2,1-2H3. The average molecular weight is 197 g/mol. The summed E-state index contributed by atoms with van der Waals surface area (Å²) < 4.78 is 6.62. The van der Waals surface area contributed by atoms with Crippen molar-refractivity contribution in [1.29, 1.82) is 0 Å². The largest absolute Gasteiger partial charge is 0.464 e. The predicted octanol–water partition coefficient (Wildman–Crippen LogP) is 0.466. The lowest BCUT2D eigenvalue weighted by atomic mass is 10.3. The van der Waals surface area contributed by atoms with Crippen LogP contribution < -0.4 is 5.73 Å². The lowest BCUT2D eigenvalue weighted by Gasteiger charge is -2.14. The topological polar surface area (TPSA) is 70.1 Å². The summed E-state index contributed by atoms with van der Waals surface area (Å²) in [5.41, 5.74) is 6.32. The summed E-state index contributed by atoms with van der Waals surface area (Å²) in [7, 11) is 0. The number of carbonyl (C=O) groups excluding carboxylic acids is 1. The first-order valence-electron chi connectivity index (χ1n) is 4.58. The normalized spacial score (nSPS) is 12.5. The van der Waals surface area contributed by atoms with Gasteiger partial charge in [-0.25, -0.2) is 9.78 Å². The Morgan fingerprint density at radius 2 is 2.50 bits per heavy atom. The van der Waals surface area contributed by atoms with E-state index in [1.54, 1.807) is 30.9 Å². The van der Waals surface area contributed by atoms with Crippen molar-refractivity contribution in [2.24, 2.45) is 5.73 Å². The molecule has 0 saturated heterocycles. The number of nitrogens with zero attached hydrogens (tertiary/aromatic N) is 2. The third-order valence-electron chi connectivity index (χ3n) is 2.00. The number of carbonyl (C=O) groups is 1. The van der Waals surface area contributed by atoms with Gasteiger partial charge in [-0.05, 0) is 13.8 Å². The molecule has 1 atom stereocenters. The number of hydrogen-bond donors (Lipinski definition) is 1. The second-order valence-electron chi connectivity index (χ2n) is 2.92. The van der Waals surface area contributed by atoms with Crippen LogP contribution in [0.5, 0.6) is 0 Å². The van der Waals surface area contributed by atoms with Gasteiger partial charge >= 0.3 is 5.97 Å². The maximum atomic E-state index is 11.4. The zero-order valence-electron chi connectivity index (χ0n) is 8.43. The fraction of sp³-hybridized carbons (Fsp3) is 0.556. The molecule has 0 aliphatic rings. The fourth-order valence-electron chi connectivity index (χ4n) is 1.22. The van der Waals surface area contributed by atoms with Crippen LogP contribution in [0.25, 0.3) is 0 Å². The maximum absolute atomic E-state index is 11.4. The second kappa shape index (κ2) is 4.76. The number of rotatable bonds is 4. The molecule has 1 rings (SSSR count). The van der Waals surface area contributed by atoms with Crippen molar-refractivity contribution in [3.05, 3.63) is 18.2 Å². The van der Waals surface area contributed by atoms with E-state index in [0.717, 1.165) is 5.69 Å². The van der Waals surface area contributed by atoms with E-state index in [2.05, 4.69) is 4.98 Å². The summed E-state index contributed by atoms with van der Waals surface area (Å²) in [6, 6.07) is -0.365. The van der Waals surface area contributed by atoms with Gasteiger partial charge in [0.05, 0.1) is 18.6 Å². The van der Waals surface area contributed by atoms with Crippen LogP contribution in [0.1, 0.15) is 25.6 Å². The third kappa shape index (κ3) is 2.11. The number of ether oxygens (including phenoxy) is 1. The molecule has 5 heteroatoms. The molecule has 0 aromatic carbocycles. The SMILES string of the molecule is CCOC(=O)C(C)n1cncc1CN. The smallest absolute Gasteiger partial charge is 0.328 e. The molecule has 78 valence electrons. The van der Waals surface area contributed by atoms with E-state index in [1.165, 1.54) is 0 Å². The van der Waals surface area contributed by atoms with Gasteiger partial charge in [-0.3, -0.25) is 0 Å². The van der Waals surface area contributed by atoms with Crippen molar-refractivity contribution in [2.75, 3.05) is 6.61 Å². The van der Waals surface area contributed by atoms with Crippen LogP contribution in [0.2, 0.25) is 0 Å². The zero-order valence-corrected chi connectivity index (χ0v) is 8.43. The Kier molecular flexibility index (Phi) is 3.64. The number of imidazole rings is 1. The minimum atomic E-state index is -0.365. The van der Waals surface area contributed by atoms with Crippen LogP contribution >= 0.6 is 0 Å². The first kappa shape index (κ1) is 10.7. The first-order chi connectivity index (χ1) is 6.70. The van der Waals surface area contributed by atoms with Gasteiger partial charge in [-0.1, -0.05) is 0 Å². The molecule has 0 bridgehead atoms. The van der Waals surface area contributed by atoms with Crippen molar-refractivity contribution in [3.63, 3.8) is 0 Å². The quantitative estimate of drug-likeness (QED) is 0.712. The van der Waals surface area contributed by atoms with Gasteiger partial charge in [0.2, 0.25) is 0 Å². The zero-order chi connectivity index (χ0) is 10.6. The third-order valence-corrected chi connectivity index (χ3v) is 2.00. The average Bonchev–Trinajstić information content (AvgIpc) is 2.64. The summed E-state index contributed by atoms with van der Waals surface area (Å²) in [6.07, 6.45) is 3.24. The Balaban J connectivity index is 2.77. The Labute approximate surface area is 82.9 Å². The molecule has 0 aliphatic carbocycles. The molecular formula is C9H15N3O2. The lowest BCUT2D eigenvalue weighted by molar-refractivity contribution is -0.146. The Hall–Kier alpha value is -1.36. The molecule has 0 spiro atoms. The maximum Gasteiger partial charge on any atom is 0.328 e. The highest BCUT2D eigenvalue weighted by Crippen LogP contribution is 2.11. The molecule has 5 nitrogen and oxygen atoms in total. The Bertz CT molecular complexity index is 309. The molecule has 1 aromatic heterocycles. The van der Waals surface area contributed by atoms with Gasteiger partial charge in [0.25, 0.3) is 0 Å². The Morgan fingerprint density at radius 1 is 1.79 bits per heavy atom. The second-order valence-corrected chi connectivity index (χ2v) is 2.92. The van der Waals surface area contributed by atoms with Crippen LogP contribution in [0, 0.1) is 0 Å². The number of aromatic nitrogens is 2. The van der Waals surface area contributed by atoms with Crippen molar-refractivity contribution in [2.45, 2.75) is 26.4 Å². The van der Waals surface area contributed by atoms with Gasteiger partial charge in [0, 0.05) is 12.7 Å². The number of hydrogen-bond acceptors (Lipinski definition) is 4. The van der Waals surface area contributed by atoms with Crippen LogP contribution in [0.4, 0.5) is 0 Å². The van der Waals surface area contributed by atoms with Crippen molar-refractivity contribution < 1.29 is 9.53 Å². The van der Waals surface area contributed by atoms with E-state index >= 15 is 0 Å².